The molecule has 4 aromatic carbocycles. The van der Waals surface area contributed by atoms with E-state index in [9.17, 15) is 0 Å². The molecule has 7 heteroatoms. The Labute approximate surface area is 274 Å². The Hall–Kier alpha value is -3.14. The highest BCUT2D eigenvalue weighted by Gasteiger charge is 2.48. The minimum atomic E-state index is -1.20. The molecule has 0 N–H and O–H groups in total. The van der Waals surface area contributed by atoms with Gasteiger partial charge < -0.3 is 28.4 Å². The van der Waals surface area contributed by atoms with E-state index in [4.69, 9.17) is 28.4 Å². The maximum Gasteiger partial charge on any atom is 0.186 e. The maximum atomic E-state index is 6.70. The molecule has 2 saturated heterocycles. The lowest BCUT2D eigenvalue weighted by molar-refractivity contribution is -0.323. The average molecular weight is 639 g/mol. The Bertz CT molecular complexity index is 1450. The summed E-state index contributed by atoms with van der Waals surface area (Å²) in [5.41, 5.74) is 4.36. The van der Waals surface area contributed by atoms with Gasteiger partial charge >= 0.3 is 0 Å². The summed E-state index contributed by atoms with van der Waals surface area (Å²) in [6.45, 7) is 4.51. The SMILES string of the molecule is CO[C@H]1O[C@H](COCc2ccc([Si]3(C)CCC3)cc2)[C@@H](OCc2ccccc2)[C@H](OCc2ccccc2)[C@H]1OCc1ccccc1. The number of hydrogen-bond acceptors (Lipinski definition) is 6. The molecule has 2 fully saturated rings. The van der Waals surface area contributed by atoms with E-state index in [1.807, 2.05) is 66.7 Å². The Morgan fingerprint density at radius 1 is 0.587 bits per heavy atom. The van der Waals surface area contributed by atoms with E-state index >= 15 is 0 Å². The predicted molar refractivity (Wildman–Crippen MR) is 182 cm³/mol. The van der Waals surface area contributed by atoms with E-state index in [-0.39, 0.29) is 0 Å². The van der Waals surface area contributed by atoms with Gasteiger partial charge in [0, 0.05) is 7.11 Å². The number of rotatable bonds is 15. The van der Waals surface area contributed by atoms with Crippen molar-refractivity contribution in [3.8, 4) is 0 Å². The average Bonchev–Trinajstić information content (AvgIpc) is 3.10. The van der Waals surface area contributed by atoms with E-state index in [0.717, 1.165) is 22.3 Å². The zero-order valence-electron chi connectivity index (χ0n) is 27.0. The van der Waals surface area contributed by atoms with Crippen LogP contribution in [-0.2, 0) is 54.8 Å². The second-order valence-electron chi connectivity index (χ2n) is 12.7. The van der Waals surface area contributed by atoms with Crippen LogP contribution < -0.4 is 5.19 Å². The minimum Gasteiger partial charge on any atom is -0.374 e. The van der Waals surface area contributed by atoms with Crippen LogP contribution in [0.25, 0.3) is 0 Å². The fourth-order valence-electron chi connectivity index (χ4n) is 6.36. The molecule has 0 spiro atoms. The number of hydrogen-bond donors (Lipinski definition) is 0. The summed E-state index contributed by atoms with van der Waals surface area (Å²) < 4.78 is 38.7. The first-order chi connectivity index (χ1) is 22.6. The molecule has 2 aliphatic heterocycles. The molecule has 0 saturated carbocycles. The molecule has 4 aromatic rings. The first-order valence-corrected chi connectivity index (χ1v) is 19.3. The molecule has 5 atom stereocenters. The zero-order valence-corrected chi connectivity index (χ0v) is 28.0. The molecule has 0 amide bonds. The van der Waals surface area contributed by atoms with Gasteiger partial charge in [0.1, 0.15) is 24.4 Å². The summed E-state index contributed by atoms with van der Waals surface area (Å²) in [5, 5.41) is 1.55. The van der Waals surface area contributed by atoms with Gasteiger partial charge in [-0.1, -0.05) is 146 Å². The van der Waals surface area contributed by atoms with Crippen molar-refractivity contribution in [1.29, 1.82) is 0 Å². The quantitative estimate of drug-likeness (QED) is 0.131. The topological polar surface area (TPSA) is 55.4 Å². The van der Waals surface area contributed by atoms with E-state index in [2.05, 4.69) is 55.1 Å². The second kappa shape index (κ2) is 16.1. The lowest BCUT2D eigenvalue weighted by atomic mass is 9.97. The Morgan fingerprint density at radius 2 is 1.07 bits per heavy atom. The highest BCUT2D eigenvalue weighted by atomic mass is 28.3. The van der Waals surface area contributed by atoms with Crippen LogP contribution in [0.1, 0.15) is 28.7 Å². The summed E-state index contributed by atoms with van der Waals surface area (Å²) >= 11 is 0. The van der Waals surface area contributed by atoms with Crippen LogP contribution in [0.3, 0.4) is 0 Å². The lowest BCUT2D eigenvalue weighted by Crippen LogP contribution is -2.61. The maximum absolute atomic E-state index is 6.70. The number of benzene rings is 4. The van der Waals surface area contributed by atoms with Gasteiger partial charge in [-0.2, -0.15) is 0 Å². The van der Waals surface area contributed by atoms with E-state index in [1.165, 1.54) is 18.5 Å². The van der Waals surface area contributed by atoms with Gasteiger partial charge in [0.05, 0.1) is 41.1 Å². The van der Waals surface area contributed by atoms with Crippen molar-refractivity contribution < 1.29 is 28.4 Å². The van der Waals surface area contributed by atoms with Gasteiger partial charge in [-0.05, 0) is 22.3 Å². The molecule has 0 radical (unpaired) electrons. The van der Waals surface area contributed by atoms with Gasteiger partial charge in [0.2, 0.25) is 0 Å². The third-order valence-electron chi connectivity index (χ3n) is 9.34. The first kappa shape index (κ1) is 32.8. The zero-order chi connectivity index (χ0) is 31.6. The molecule has 6 rings (SSSR count). The van der Waals surface area contributed by atoms with Gasteiger partial charge in [-0.3, -0.25) is 0 Å². The monoisotopic (exact) mass is 638 g/mol. The largest absolute Gasteiger partial charge is 0.374 e. The third kappa shape index (κ3) is 8.41. The van der Waals surface area contributed by atoms with Crippen LogP contribution in [0.15, 0.2) is 115 Å². The van der Waals surface area contributed by atoms with E-state index in [1.54, 1.807) is 12.3 Å². The molecular formula is C39H46O6Si. The van der Waals surface area contributed by atoms with Gasteiger partial charge in [0.15, 0.2) is 6.29 Å². The molecule has 6 nitrogen and oxygen atoms in total. The molecule has 2 aliphatic rings. The van der Waals surface area contributed by atoms with Crippen molar-refractivity contribution in [2.24, 2.45) is 0 Å². The van der Waals surface area contributed by atoms with Crippen molar-refractivity contribution in [3.63, 3.8) is 0 Å². The molecule has 2 heterocycles. The molecule has 46 heavy (non-hydrogen) atoms. The van der Waals surface area contributed by atoms with Crippen LogP contribution >= 0.6 is 0 Å². The smallest absolute Gasteiger partial charge is 0.186 e. The Balaban J connectivity index is 1.20. The highest BCUT2D eigenvalue weighted by Crippen LogP contribution is 2.33. The molecule has 0 unspecified atom stereocenters. The minimum absolute atomic E-state index is 0.324. The van der Waals surface area contributed by atoms with Crippen LogP contribution in [-0.4, -0.2) is 52.5 Å². The standard InChI is InChI=1S/C39H46O6Si/c1-40-39-38(44-28-32-17-10-5-11-18-32)37(43-27-31-15-8-4-9-16-31)36(42-26-30-13-6-3-7-14-30)35(45-39)29-41-25-33-19-21-34(22-20-33)46(2)23-12-24-46/h3-11,13-22,35-39H,12,23-29H2,1-2H3/t35-,36-,37+,38-,39+/m1/s1. The summed E-state index contributed by atoms with van der Waals surface area (Å²) in [6, 6.07) is 42.3. The van der Waals surface area contributed by atoms with Gasteiger partial charge in [-0.15, -0.1) is 0 Å². The lowest BCUT2D eigenvalue weighted by Gasteiger charge is -2.45. The second-order valence-corrected chi connectivity index (χ2v) is 17.4. The van der Waals surface area contributed by atoms with Crippen LogP contribution in [0.2, 0.25) is 18.6 Å². The molecule has 242 valence electrons. The van der Waals surface area contributed by atoms with Crippen molar-refractivity contribution in [3.05, 3.63) is 138 Å². The highest BCUT2D eigenvalue weighted by molar-refractivity contribution is 6.92. The van der Waals surface area contributed by atoms with Crippen molar-refractivity contribution in [2.45, 2.75) is 82.2 Å². The number of ether oxygens (including phenoxy) is 6. The van der Waals surface area contributed by atoms with Crippen LogP contribution in [0, 0.1) is 0 Å². The van der Waals surface area contributed by atoms with Crippen LogP contribution in [0.4, 0.5) is 0 Å². The van der Waals surface area contributed by atoms with Crippen molar-refractivity contribution in [2.75, 3.05) is 13.7 Å². The summed E-state index contributed by atoms with van der Waals surface area (Å²) in [6.07, 6.45) is -1.21. The molecular weight excluding hydrogens is 593 g/mol. The van der Waals surface area contributed by atoms with Gasteiger partial charge in [0.25, 0.3) is 0 Å². The number of methoxy groups -OCH3 is 1. The normalized spacial score (nSPS) is 23.9. The summed E-state index contributed by atoms with van der Waals surface area (Å²) in [4.78, 5) is 0. The van der Waals surface area contributed by atoms with Crippen LogP contribution in [0.5, 0.6) is 0 Å². The van der Waals surface area contributed by atoms with Crippen molar-refractivity contribution >= 4 is 13.3 Å². The predicted octanol–water partition coefficient (Wildman–Crippen LogP) is 7.02. The fraction of sp³-hybridized carbons (Fsp3) is 0.385. The Kier molecular flexibility index (Phi) is 11.5. The molecule has 0 bridgehead atoms. The molecule has 0 aromatic heterocycles. The third-order valence-corrected chi connectivity index (χ3v) is 14.0. The summed E-state index contributed by atoms with van der Waals surface area (Å²) in [5.74, 6) is 0. The van der Waals surface area contributed by atoms with E-state index in [0.29, 0.717) is 33.0 Å². The Morgan fingerprint density at radius 3 is 1.54 bits per heavy atom. The summed E-state index contributed by atoms with van der Waals surface area (Å²) in [7, 11) is 0.443. The van der Waals surface area contributed by atoms with Crippen molar-refractivity contribution in [1.82, 2.24) is 0 Å². The fourth-order valence-corrected chi connectivity index (χ4v) is 9.32. The van der Waals surface area contributed by atoms with E-state index < -0.39 is 38.8 Å². The first-order valence-electron chi connectivity index (χ1n) is 16.4. The molecule has 0 aliphatic carbocycles. The van der Waals surface area contributed by atoms with Gasteiger partial charge in [-0.25, -0.2) is 0 Å².